The second-order valence-electron chi connectivity index (χ2n) is 5.35. The molecule has 0 spiro atoms. The van der Waals surface area contributed by atoms with E-state index in [9.17, 15) is 13.2 Å². The summed E-state index contributed by atoms with van der Waals surface area (Å²) in [5, 5.41) is 3.06. The third kappa shape index (κ3) is 2.14. The summed E-state index contributed by atoms with van der Waals surface area (Å²) in [6.07, 6.45) is 4.13. The molecule has 1 N–H and O–H groups in total. The maximum atomic E-state index is 13.9. The quantitative estimate of drug-likeness (QED) is 0.809. The van der Waals surface area contributed by atoms with Crippen LogP contribution in [0.5, 0.6) is 0 Å². The van der Waals surface area contributed by atoms with Crippen molar-refractivity contribution in [2.75, 3.05) is 7.05 Å². The first-order chi connectivity index (χ1) is 8.49. The molecule has 1 aromatic carbocycles. The van der Waals surface area contributed by atoms with Crippen molar-refractivity contribution in [3.63, 3.8) is 0 Å². The molecule has 0 radical (unpaired) electrons. The third-order valence-corrected chi connectivity index (χ3v) is 4.11. The number of nitrogens with one attached hydrogen (secondary N) is 1. The number of hydrogen-bond acceptors (Lipinski definition) is 1. The SMILES string of the molecule is CNC(c1ccc(F)c(F)c1F)C1(C)CCCC1. The number of benzene rings is 1. The zero-order valence-corrected chi connectivity index (χ0v) is 10.7. The highest BCUT2D eigenvalue weighted by atomic mass is 19.2. The van der Waals surface area contributed by atoms with Gasteiger partial charge in [0.05, 0.1) is 0 Å². The van der Waals surface area contributed by atoms with E-state index in [0.29, 0.717) is 0 Å². The van der Waals surface area contributed by atoms with Crippen LogP contribution in [0.2, 0.25) is 0 Å². The standard InChI is InChI=1S/C14H18F3N/c1-14(7-3-4-8-14)13(18-2)9-5-6-10(15)12(17)11(9)16/h5-6,13,18H,3-4,7-8H2,1-2H3. The van der Waals surface area contributed by atoms with Gasteiger partial charge in [-0.05, 0) is 31.4 Å². The fourth-order valence-electron chi connectivity index (χ4n) is 3.11. The Morgan fingerprint density at radius 3 is 2.28 bits per heavy atom. The zero-order chi connectivity index (χ0) is 13.3. The summed E-state index contributed by atoms with van der Waals surface area (Å²) >= 11 is 0. The Hall–Kier alpha value is -1.03. The van der Waals surface area contributed by atoms with Crippen molar-refractivity contribution in [1.82, 2.24) is 5.32 Å². The predicted molar refractivity (Wildman–Crippen MR) is 64.7 cm³/mol. The summed E-state index contributed by atoms with van der Waals surface area (Å²) in [6.45, 7) is 2.07. The molecule has 1 aliphatic carbocycles. The molecule has 0 amide bonds. The van der Waals surface area contributed by atoms with Gasteiger partial charge in [-0.25, -0.2) is 13.2 Å². The molecule has 0 bridgehead atoms. The summed E-state index contributed by atoms with van der Waals surface area (Å²) in [4.78, 5) is 0. The van der Waals surface area contributed by atoms with Crippen molar-refractivity contribution in [2.45, 2.75) is 38.6 Å². The highest BCUT2D eigenvalue weighted by molar-refractivity contribution is 5.25. The van der Waals surface area contributed by atoms with E-state index in [1.54, 1.807) is 7.05 Å². The second kappa shape index (κ2) is 4.92. The van der Waals surface area contributed by atoms with Crippen LogP contribution < -0.4 is 5.32 Å². The molecule has 1 aliphatic rings. The Labute approximate surface area is 105 Å². The van der Waals surface area contributed by atoms with Crippen LogP contribution in [-0.2, 0) is 0 Å². The molecular formula is C14H18F3N. The van der Waals surface area contributed by atoms with Gasteiger partial charge in [0.15, 0.2) is 17.5 Å². The fourth-order valence-corrected chi connectivity index (χ4v) is 3.11. The minimum atomic E-state index is -1.38. The van der Waals surface area contributed by atoms with Crippen molar-refractivity contribution in [2.24, 2.45) is 5.41 Å². The van der Waals surface area contributed by atoms with E-state index in [4.69, 9.17) is 0 Å². The van der Waals surface area contributed by atoms with E-state index >= 15 is 0 Å². The monoisotopic (exact) mass is 257 g/mol. The van der Waals surface area contributed by atoms with Crippen molar-refractivity contribution in [3.05, 3.63) is 35.1 Å². The second-order valence-corrected chi connectivity index (χ2v) is 5.35. The Morgan fingerprint density at radius 2 is 1.72 bits per heavy atom. The number of rotatable bonds is 3. The van der Waals surface area contributed by atoms with E-state index in [1.807, 2.05) is 0 Å². The van der Waals surface area contributed by atoms with Gasteiger partial charge in [-0.15, -0.1) is 0 Å². The van der Waals surface area contributed by atoms with Crippen LogP contribution in [0.25, 0.3) is 0 Å². The van der Waals surface area contributed by atoms with Gasteiger partial charge in [-0.3, -0.25) is 0 Å². The van der Waals surface area contributed by atoms with E-state index in [0.717, 1.165) is 31.7 Å². The third-order valence-electron chi connectivity index (χ3n) is 4.11. The molecule has 18 heavy (non-hydrogen) atoms. The van der Waals surface area contributed by atoms with Crippen LogP contribution in [-0.4, -0.2) is 7.05 Å². The van der Waals surface area contributed by atoms with Crippen LogP contribution in [0.4, 0.5) is 13.2 Å². The lowest BCUT2D eigenvalue weighted by atomic mass is 9.77. The first-order valence-corrected chi connectivity index (χ1v) is 6.30. The van der Waals surface area contributed by atoms with Gasteiger partial charge >= 0.3 is 0 Å². The van der Waals surface area contributed by atoms with E-state index in [1.165, 1.54) is 6.07 Å². The minimum absolute atomic E-state index is 0.0974. The molecule has 100 valence electrons. The molecular weight excluding hydrogens is 239 g/mol. The molecule has 1 fully saturated rings. The maximum Gasteiger partial charge on any atom is 0.194 e. The highest BCUT2D eigenvalue weighted by Crippen LogP contribution is 2.47. The Balaban J connectivity index is 2.42. The fraction of sp³-hybridized carbons (Fsp3) is 0.571. The van der Waals surface area contributed by atoms with Crippen molar-refractivity contribution in [3.8, 4) is 0 Å². The zero-order valence-electron chi connectivity index (χ0n) is 10.7. The van der Waals surface area contributed by atoms with E-state index < -0.39 is 17.5 Å². The molecule has 1 unspecified atom stereocenters. The van der Waals surface area contributed by atoms with Gasteiger partial charge in [0.1, 0.15) is 0 Å². The average Bonchev–Trinajstić information content (AvgIpc) is 2.78. The van der Waals surface area contributed by atoms with Crippen LogP contribution in [0.3, 0.4) is 0 Å². The first kappa shape index (κ1) is 13.4. The van der Waals surface area contributed by atoms with Crippen LogP contribution in [0.1, 0.15) is 44.2 Å². The lowest BCUT2D eigenvalue weighted by Crippen LogP contribution is -2.33. The van der Waals surface area contributed by atoms with Crippen LogP contribution in [0.15, 0.2) is 12.1 Å². The molecule has 1 aromatic rings. The molecule has 0 heterocycles. The maximum absolute atomic E-state index is 13.9. The summed E-state index contributed by atoms with van der Waals surface area (Å²) in [6, 6.07) is 2.06. The smallest absolute Gasteiger partial charge is 0.194 e. The number of halogens is 3. The molecule has 0 saturated heterocycles. The van der Waals surface area contributed by atoms with Crippen LogP contribution >= 0.6 is 0 Å². The normalized spacial score (nSPS) is 20.1. The molecule has 1 saturated carbocycles. The number of hydrogen-bond donors (Lipinski definition) is 1. The Morgan fingerprint density at radius 1 is 1.11 bits per heavy atom. The van der Waals surface area contributed by atoms with Crippen molar-refractivity contribution >= 4 is 0 Å². The highest BCUT2D eigenvalue weighted by Gasteiger charge is 2.38. The van der Waals surface area contributed by atoms with Gasteiger partial charge < -0.3 is 5.32 Å². The summed E-state index contributed by atoms with van der Waals surface area (Å²) in [5.74, 6) is -3.58. The summed E-state index contributed by atoms with van der Waals surface area (Å²) < 4.78 is 40.2. The van der Waals surface area contributed by atoms with E-state index in [2.05, 4.69) is 12.2 Å². The molecule has 0 aliphatic heterocycles. The molecule has 4 heteroatoms. The Kier molecular flexibility index (Phi) is 3.66. The summed E-state index contributed by atoms with van der Waals surface area (Å²) in [5.41, 5.74) is 0.126. The summed E-state index contributed by atoms with van der Waals surface area (Å²) in [7, 11) is 1.73. The van der Waals surface area contributed by atoms with Crippen LogP contribution in [0, 0.1) is 22.9 Å². The molecule has 2 rings (SSSR count). The van der Waals surface area contributed by atoms with Crippen molar-refractivity contribution < 1.29 is 13.2 Å². The predicted octanol–water partition coefficient (Wildman–Crippen LogP) is 3.94. The lowest BCUT2D eigenvalue weighted by Gasteiger charge is -2.34. The lowest BCUT2D eigenvalue weighted by molar-refractivity contribution is 0.226. The first-order valence-electron chi connectivity index (χ1n) is 6.30. The van der Waals surface area contributed by atoms with Gasteiger partial charge in [-0.1, -0.05) is 25.8 Å². The largest absolute Gasteiger partial charge is 0.312 e. The molecule has 1 nitrogen and oxygen atoms in total. The average molecular weight is 257 g/mol. The Bertz CT molecular complexity index is 439. The van der Waals surface area contributed by atoms with Crippen molar-refractivity contribution in [1.29, 1.82) is 0 Å². The molecule has 1 atom stereocenters. The van der Waals surface area contributed by atoms with Gasteiger partial charge in [-0.2, -0.15) is 0 Å². The molecule has 0 aromatic heterocycles. The topological polar surface area (TPSA) is 12.0 Å². The van der Waals surface area contributed by atoms with Gasteiger partial charge in [0, 0.05) is 11.6 Å². The van der Waals surface area contributed by atoms with Gasteiger partial charge in [0.2, 0.25) is 0 Å². The van der Waals surface area contributed by atoms with Gasteiger partial charge in [0.25, 0.3) is 0 Å². The minimum Gasteiger partial charge on any atom is -0.312 e. The van der Waals surface area contributed by atoms with E-state index in [-0.39, 0.29) is 17.0 Å².